The highest BCUT2D eigenvalue weighted by Crippen LogP contribution is 2.22. The van der Waals surface area contributed by atoms with Crippen LogP contribution in [0.4, 0.5) is 5.69 Å². The van der Waals surface area contributed by atoms with E-state index in [1.807, 2.05) is 30.3 Å². The van der Waals surface area contributed by atoms with E-state index in [1.54, 1.807) is 6.92 Å². The van der Waals surface area contributed by atoms with E-state index >= 15 is 0 Å². The Hall–Kier alpha value is -3.23. The second-order valence-corrected chi connectivity index (χ2v) is 5.88. The van der Waals surface area contributed by atoms with Crippen LogP contribution in [0.2, 0.25) is 0 Å². The van der Waals surface area contributed by atoms with Crippen LogP contribution in [0.15, 0.2) is 30.3 Å². The molecule has 0 unspecified atom stereocenters. The van der Waals surface area contributed by atoms with Gasteiger partial charge in [-0.25, -0.2) is 0 Å². The van der Waals surface area contributed by atoms with Crippen molar-refractivity contribution in [3.8, 4) is 0 Å². The number of carboxylic acid groups (broad SMARTS) is 1. The number of amides is 1. The first-order valence-corrected chi connectivity index (χ1v) is 8.01. The molecule has 138 valence electrons. The average Bonchev–Trinajstić information content (AvgIpc) is 2.86. The summed E-state index contributed by atoms with van der Waals surface area (Å²) >= 11 is 0. The number of aromatic nitrogens is 2. The summed E-state index contributed by atoms with van der Waals surface area (Å²) in [6, 6.07) is 9.09. The van der Waals surface area contributed by atoms with Crippen LogP contribution in [0.25, 0.3) is 0 Å². The number of hydrogen-bond acceptors (Lipinski definition) is 5. The van der Waals surface area contributed by atoms with E-state index < -0.39 is 17.4 Å². The normalized spacial score (nSPS) is 10.5. The van der Waals surface area contributed by atoms with Crippen molar-refractivity contribution < 1.29 is 19.6 Å². The van der Waals surface area contributed by atoms with Crippen LogP contribution in [-0.4, -0.2) is 43.1 Å². The van der Waals surface area contributed by atoms with E-state index in [0.29, 0.717) is 5.69 Å². The fourth-order valence-corrected chi connectivity index (χ4v) is 2.73. The smallest absolute Gasteiger partial charge is 0.323 e. The number of benzene rings is 1. The monoisotopic (exact) mass is 360 g/mol. The lowest BCUT2D eigenvalue weighted by Gasteiger charge is -2.21. The summed E-state index contributed by atoms with van der Waals surface area (Å²) in [5, 5.41) is 24.2. The number of nitrogens with zero attached hydrogens (tertiary/aromatic N) is 4. The topological polar surface area (TPSA) is 119 Å². The van der Waals surface area contributed by atoms with E-state index in [1.165, 1.54) is 16.5 Å². The Morgan fingerprint density at radius 2 is 1.92 bits per heavy atom. The Morgan fingerprint density at radius 1 is 1.27 bits per heavy atom. The predicted octanol–water partition coefficient (Wildman–Crippen LogP) is 1.91. The number of aliphatic carboxylic acids is 1. The second-order valence-electron chi connectivity index (χ2n) is 5.88. The molecule has 1 N–H and O–H groups in total. The molecule has 1 aromatic carbocycles. The summed E-state index contributed by atoms with van der Waals surface area (Å²) in [6.07, 6.45) is -0.000766. The minimum absolute atomic E-state index is 0.000766. The van der Waals surface area contributed by atoms with Crippen LogP contribution < -0.4 is 0 Å². The molecule has 26 heavy (non-hydrogen) atoms. The van der Waals surface area contributed by atoms with Gasteiger partial charge in [0.05, 0.1) is 11.5 Å². The van der Waals surface area contributed by atoms with Crippen LogP contribution >= 0.6 is 0 Å². The van der Waals surface area contributed by atoms with E-state index in [0.717, 1.165) is 5.56 Å². The molecular weight excluding hydrogens is 340 g/mol. The van der Waals surface area contributed by atoms with Crippen molar-refractivity contribution >= 4 is 17.6 Å². The summed E-state index contributed by atoms with van der Waals surface area (Å²) in [7, 11) is 0. The molecule has 0 aliphatic carbocycles. The number of nitro groups is 1. The maximum Gasteiger partial charge on any atom is 0.323 e. The molecular formula is C17H20N4O5. The van der Waals surface area contributed by atoms with E-state index in [9.17, 15) is 19.7 Å². The zero-order chi connectivity index (χ0) is 19.3. The molecule has 9 nitrogen and oxygen atoms in total. The van der Waals surface area contributed by atoms with Crippen molar-refractivity contribution in [3.05, 3.63) is 57.4 Å². The van der Waals surface area contributed by atoms with Gasteiger partial charge in [0.1, 0.15) is 17.9 Å². The van der Waals surface area contributed by atoms with Crippen molar-refractivity contribution in [3.63, 3.8) is 0 Å². The number of carbonyl (C=O) groups excluding carboxylic acids is 1. The highest BCUT2D eigenvalue weighted by atomic mass is 16.6. The molecule has 0 aliphatic rings. The summed E-state index contributed by atoms with van der Waals surface area (Å²) in [5.74, 6) is -1.46. The Balaban J connectivity index is 2.08. The molecule has 2 aromatic rings. The summed E-state index contributed by atoms with van der Waals surface area (Å²) in [5.41, 5.74) is 1.41. The van der Waals surface area contributed by atoms with Gasteiger partial charge in [-0.1, -0.05) is 30.3 Å². The SMILES string of the molecule is Cc1nn(CCC(=O)N(CC(=O)O)Cc2ccccc2)c(C)c1[N+](=O)[O-]. The van der Waals surface area contributed by atoms with Crippen molar-refractivity contribution in [2.75, 3.05) is 6.54 Å². The standard InChI is InChI=1S/C17H20N4O5/c1-12-17(21(25)26)13(2)20(18-12)9-8-15(22)19(11-16(23)24)10-14-6-4-3-5-7-14/h3-7H,8-11H2,1-2H3,(H,23,24). The molecule has 0 saturated carbocycles. The number of aryl methyl sites for hydroxylation is 2. The molecule has 1 heterocycles. The van der Waals surface area contributed by atoms with Gasteiger partial charge in [-0.3, -0.25) is 24.4 Å². The maximum atomic E-state index is 12.5. The maximum absolute atomic E-state index is 12.5. The van der Waals surface area contributed by atoms with Gasteiger partial charge in [0.15, 0.2) is 0 Å². The summed E-state index contributed by atoms with van der Waals surface area (Å²) in [6.45, 7) is 3.02. The molecule has 0 saturated heterocycles. The van der Waals surface area contributed by atoms with Gasteiger partial charge in [0, 0.05) is 13.0 Å². The molecule has 0 fully saturated rings. The van der Waals surface area contributed by atoms with Gasteiger partial charge in [-0.2, -0.15) is 5.10 Å². The Labute approximate surface area is 150 Å². The number of rotatable bonds is 8. The molecule has 1 amide bonds. The van der Waals surface area contributed by atoms with Crippen LogP contribution in [0.1, 0.15) is 23.4 Å². The van der Waals surface area contributed by atoms with Crippen LogP contribution in [0.5, 0.6) is 0 Å². The number of carbonyl (C=O) groups is 2. The molecule has 1 aromatic heterocycles. The lowest BCUT2D eigenvalue weighted by molar-refractivity contribution is -0.386. The fraction of sp³-hybridized carbons (Fsp3) is 0.353. The van der Waals surface area contributed by atoms with Gasteiger partial charge in [0.25, 0.3) is 0 Å². The summed E-state index contributed by atoms with van der Waals surface area (Å²) < 4.78 is 1.41. The average molecular weight is 360 g/mol. The van der Waals surface area contributed by atoms with Crippen molar-refractivity contribution in [1.82, 2.24) is 14.7 Å². The highest BCUT2D eigenvalue weighted by molar-refractivity contribution is 5.81. The number of hydrogen-bond donors (Lipinski definition) is 1. The van der Waals surface area contributed by atoms with Crippen molar-refractivity contribution in [1.29, 1.82) is 0 Å². The quantitative estimate of drug-likeness (QED) is 0.567. The molecule has 0 spiro atoms. The first-order valence-electron chi connectivity index (χ1n) is 8.01. The second kappa shape index (κ2) is 8.24. The van der Waals surface area contributed by atoms with E-state index in [-0.39, 0.29) is 36.8 Å². The largest absolute Gasteiger partial charge is 0.480 e. The number of carboxylic acids is 1. The Morgan fingerprint density at radius 3 is 2.46 bits per heavy atom. The first-order chi connectivity index (χ1) is 12.3. The molecule has 0 aliphatic heterocycles. The minimum atomic E-state index is -1.10. The third-order valence-corrected chi connectivity index (χ3v) is 3.96. The minimum Gasteiger partial charge on any atom is -0.480 e. The highest BCUT2D eigenvalue weighted by Gasteiger charge is 2.23. The van der Waals surface area contributed by atoms with Crippen molar-refractivity contribution in [2.45, 2.75) is 33.4 Å². The van der Waals surface area contributed by atoms with Gasteiger partial charge in [-0.15, -0.1) is 0 Å². The van der Waals surface area contributed by atoms with Gasteiger partial charge in [0.2, 0.25) is 5.91 Å². The van der Waals surface area contributed by atoms with Crippen LogP contribution in [-0.2, 0) is 22.7 Å². The molecule has 0 radical (unpaired) electrons. The molecule has 0 atom stereocenters. The zero-order valence-corrected chi connectivity index (χ0v) is 14.6. The first kappa shape index (κ1) is 19.1. The Bertz CT molecular complexity index is 816. The van der Waals surface area contributed by atoms with Crippen molar-refractivity contribution in [2.24, 2.45) is 0 Å². The summed E-state index contributed by atoms with van der Waals surface area (Å²) in [4.78, 5) is 35.3. The lowest BCUT2D eigenvalue weighted by atomic mass is 10.2. The van der Waals surface area contributed by atoms with Crippen LogP contribution in [0.3, 0.4) is 0 Å². The molecule has 0 bridgehead atoms. The van der Waals surface area contributed by atoms with E-state index in [2.05, 4.69) is 5.10 Å². The van der Waals surface area contributed by atoms with Gasteiger partial charge < -0.3 is 10.0 Å². The van der Waals surface area contributed by atoms with Gasteiger partial charge >= 0.3 is 11.7 Å². The predicted molar refractivity (Wildman–Crippen MR) is 92.5 cm³/mol. The Kier molecular flexibility index (Phi) is 6.05. The molecule has 9 heteroatoms. The van der Waals surface area contributed by atoms with Crippen LogP contribution in [0, 0.1) is 24.0 Å². The fourth-order valence-electron chi connectivity index (χ4n) is 2.73. The third kappa shape index (κ3) is 4.65. The third-order valence-electron chi connectivity index (χ3n) is 3.96. The van der Waals surface area contributed by atoms with E-state index in [4.69, 9.17) is 5.11 Å². The van der Waals surface area contributed by atoms with Gasteiger partial charge in [-0.05, 0) is 19.4 Å². The molecule has 2 rings (SSSR count). The zero-order valence-electron chi connectivity index (χ0n) is 14.6. The lowest BCUT2D eigenvalue weighted by Crippen LogP contribution is -2.35.